The van der Waals surface area contributed by atoms with Crippen molar-refractivity contribution in [3.05, 3.63) is 30.3 Å². The van der Waals surface area contributed by atoms with E-state index in [4.69, 9.17) is 14.5 Å². The van der Waals surface area contributed by atoms with E-state index < -0.39 is 0 Å². The Morgan fingerprint density at radius 2 is 2.12 bits per heavy atom. The molecular formula is C20H31N3O2. The molecule has 5 heteroatoms. The highest BCUT2D eigenvalue weighted by molar-refractivity contribution is 5.80. The lowest BCUT2D eigenvalue weighted by molar-refractivity contribution is -0.106. The summed E-state index contributed by atoms with van der Waals surface area (Å²) in [6.07, 6.45) is 1.54. The van der Waals surface area contributed by atoms with Gasteiger partial charge in [-0.15, -0.1) is 0 Å². The standard InChI is InChI=1S/C20H31N3O2/c1-5-21-19(22-13-14(2)25-15-9-7-6-8-10-15)23-17-16-11-12-24-18(16)20(17,3)4/h6-10,14,16-18H,5,11-13H2,1-4H3,(H2,21,22,23). The second kappa shape index (κ2) is 7.65. The summed E-state index contributed by atoms with van der Waals surface area (Å²) in [6, 6.07) is 10.3. The van der Waals surface area contributed by atoms with Gasteiger partial charge in [0.05, 0.1) is 12.6 Å². The maximum Gasteiger partial charge on any atom is 0.191 e. The number of para-hydroxylation sites is 1. The zero-order chi connectivity index (χ0) is 17.9. The number of rotatable bonds is 6. The Bertz CT molecular complexity index is 588. The first-order valence-corrected chi connectivity index (χ1v) is 9.40. The lowest BCUT2D eigenvalue weighted by Gasteiger charge is -2.54. The van der Waals surface area contributed by atoms with Crippen molar-refractivity contribution < 1.29 is 9.47 Å². The minimum atomic E-state index is 0.0230. The first-order chi connectivity index (χ1) is 12.0. The molecule has 138 valence electrons. The topological polar surface area (TPSA) is 54.9 Å². The maximum absolute atomic E-state index is 5.92. The molecule has 4 atom stereocenters. The summed E-state index contributed by atoms with van der Waals surface area (Å²) in [6.45, 7) is 11.0. The van der Waals surface area contributed by atoms with Gasteiger partial charge in [-0.2, -0.15) is 0 Å². The number of hydrogen-bond donors (Lipinski definition) is 2. The number of ether oxygens (including phenoxy) is 2. The van der Waals surface area contributed by atoms with Crippen molar-refractivity contribution in [3.63, 3.8) is 0 Å². The fourth-order valence-corrected chi connectivity index (χ4v) is 4.07. The Balaban J connectivity index is 1.58. The molecule has 1 aromatic rings. The Kier molecular flexibility index (Phi) is 5.52. The second-order valence-corrected chi connectivity index (χ2v) is 7.65. The summed E-state index contributed by atoms with van der Waals surface area (Å²) in [5, 5.41) is 7.00. The molecule has 0 bridgehead atoms. The van der Waals surface area contributed by atoms with Gasteiger partial charge >= 0.3 is 0 Å². The van der Waals surface area contributed by atoms with Crippen molar-refractivity contribution in [3.8, 4) is 5.75 Å². The average molecular weight is 345 g/mol. The third-order valence-corrected chi connectivity index (χ3v) is 5.32. The smallest absolute Gasteiger partial charge is 0.191 e. The van der Waals surface area contributed by atoms with E-state index in [1.165, 1.54) is 0 Å². The van der Waals surface area contributed by atoms with Crippen LogP contribution in [-0.4, -0.2) is 43.9 Å². The van der Waals surface area contributed by atoms with Gasteiger partial charge in [-0.3, -0.25) is 0 Å². The molecule has 0 aromatic heterocycles. The van der Waals surface area contributed by atoms with Crippen LogP contribution in [0.2, 0.25) is 0 Å². The van der Waals surface area contributed by atoms with Crippen LogP contribution in [0.4, 0.5) is 0 Å². The minimum Gasteiger partial charge on any atom is -0.489 e. The molecule has 1 aliphatic heterocycles. The summed E-state index contributed by atoms with van der Waals surface area (Å²) in [5.74, 6) is 2.35. The molecule has 4 unspecified atom stereocenters. The van der Waals surface area contributed by atoms with Gasteiger partial charge in [-0.25, -0.2) is 4.99 Å². The van der Waals surface area contributed by atoms with Gasteiger partial charge in [0.25, 0.3) is 0 Å². The van der Waals surface area contributed by atoms with Gasteiger partial charge < -0.3 is 20.1 Å². The van der Waals surface area contributed by atoms with Gasteiger partial charge in [0.1, 0.15) is 11.9 Å². The Hall–Kier alpha value is -1.75. The van der Waals surface area contributed by atoms with E-state index in [1.807, 2.05) is 37.3 Å². The summed E-state index contributed by atoms with van der Waals surface area (Å²) in [4.78, 5) is 4.74. The average Bonchev–Trinajstić information content (AvgIpc) is 3.05. The number of nitrogens with one attached hydrogen (secondary N) is 2. The molecule has 0 spiro atoms. The predicted octanol–water partition coefficient (Wildman–Crippen LogP) is 2.82. The fourth-order valence-electron chi connectivity index (χ4n) is 4.07. The van der Waals surface area contributed by atoms with Crippen LogP contribution in [0.5, 0.6) is 5.75 Å². The first-order valence-electron chi connectivity index (χ1n) is 9.40. The fraction of sp³-hybridized carbons (Fsp3) is 0.650. The quantitative estimate of drug-likeness (QED) is 0.615. The number of nitrogens with zero attached hydrogens (tertiary/aromatic N) is 1. The Morgan fingerprint density at radius 1 is 1.36 bits per heavy atom. The summed E-state index contributed by atoms with van der Waals surface area (Å²) < 4.78 is 11.8. The molecule has 1 heterocycles. The van der Waals surface area contributed by atoms with E-state index in [-0.39, 0.29) is 11.5 Å². The van der Waals surface area contributed by atoms with Gasteiger partial charge in [0, 0.05) is 30.5 Å². The number of aliphatic imine (C=N–C) groups is 1. The van der Waals surface area contributed by atoms with Crippen LogP contribution in [0.15, 0.2) is 35.3 Å². The zero-order valence-corrected chi connectivity index (χ0v) is 15.8. The van der Waals surface area contributed by atoms with Crippen LogP contribution in [0.1, 0.15) is 34.1 Å². The van der Waals surface area contributed by atoms with Crippen LogP contribution in [0.25, 0.3) is 0 Å². The second-order valence-electron chi connectivity index (χ2n) is 7.65. The van der Waals surface area contributed by atoms with Gasteiger partial charge in [-0.05, 0) is 32.4 Å². The van der Waals surface area contributed by atoms with Crippen molar-refractivity contribution >= 4 is 5.96 Å². The number of hydrogen-bond acceptors (Lipinski definition) is 3. The van der Waals surface area contributed by atoms with Crippen LogP contribution in [0.3, 0.4) is 0 Å². The van der Waals surface area contributed by atoms with Crippen LogP contribution in [0, 0.1) is 11.3 Å². The number of benzene rings is 1. The highest BCUT2D eigenvalue weighted by Crippen LogP contribution is 2.52. The first kappa shape index (κ1) is 18.1. The monoisotopic (exact) mass is 345 g/mol. The normalized spacial score (nSPS) is 28.6. The van der Waals surface area contributed by atoms with E-state index in [9.17, 15) is 0 Å². The number of guanidine groups is 1. The Labute approximate surface area is 151 Å². The minimum absolute atomic E-state index is 0.0230. The van der Waals surface area contributed by atoms with Crippen LogP contribution in [-0.2, 0) is 4.74 Å². The molecule has 2 N–H and O–H groups in total. The van der Waals surface area contributed by atoms with E-state index in [0.29, 0.717) is 24.6 Å². The van der Waals surface area contributed by atoms with Gasteiger partial charge in [0.15, 0.2) is 5.96 Å². The van der Waals surface area contributed by atoms with Crippen molar-refractivity contribution in [2.45, 2.75) is 52.4 Å². The van der Waals surface area contributed by atoms with E-state index in [0.717, 1.165) is 31.3 Å². The molecule has 2 fully saturated rings. The lowest BCUT2D eigenvalue weighted by Crippen LogP contribution is -2.68. The molecule has 1 saturated heterocycles. The van der Waals surface area contributed by atoms with Gasteiger partial charge in [0.2, 0.25) is 0 Å². The molecule has 1 saturated carbocycles. The van der Waals surface area contributed by atoms with Crippen molar-refractivity contribution in [2.24, 2.45) is 16.3 Å². The molecule has 5 nitrogen and oxygen atoms in total. The van der Waals surface area contributed by atoms with Gasteiger partial charge in [-0.1, -0.05) is 32.0 Å². The zero-order valence-electron chi connectivity index (χ0n) is 15.8. The number of fused-ring (bicyclic) bond motifs is 1. The van der Waals surface area contributed by atoms with Crippen LogP contribution < -0.4 is 15.4 Å². The lowest BCUT2D eigenvalue weighted by atomic mass is 9.57. The predicted molar refractivity (Wildman–Crippen MR) is 101 cm³/mol. The van der Waals surface area contributed by atoms with E-state index in [1.54, 1.807) is 0 Å². The third-order valence-electron chi connectivity index (χ3n) is 5.32. The molecule has 0 amide bonds. The largest absolute Gasteiger partial charge is 0.489 e. The highest BCUT2D eigenvalue weighted by Gasteiger charge is 2.59. The maximum atomic E-state index is 5.92. The van der Waals surface area contributed by atoms with Crippen molar-refractivity contribution in [1.29, 1.82) is 0 Å². The molecule has 0 radical (unpaired) electrons. The van der Waals surface area contributed by atoms with Crippen molar-refractivity contribution in [1.82, 2.24) is 10.6 Å². The summed E-state index contributed by atoms with van der Waals surface area (Å²) >= 11 is 0. The molecule has 25 heavy (non-hydrogen) atoms. The molecule has 1 aromatic carbocycles. The third kappa shape index (κ3) is 3.92. The summed E-state index contributed by atoms with van der Waals surface area (Å²) in [7, 11) is 0. The molecule has 1 aliphatic carbocycles. The highest BCUT2D eigenvalue weighted by atomic mass is 16.5. The van der Waals surface area contributed by atoms with Crippen molar-refractivity contribution in [2.75, 3.05) is 19.7 Å². The summed E-state index contributed by atoms with van der Waals surface area (Å²) in [5.41, 5.74) is 0.142. The Morgan fingerprint density at radius 3 is 2.84 bits per heavy atom. The molecular weight excluding hydrogens is 314 g/mol. The SMILES string of the molecule is CCNC(=NCC(C)Oc1ccccc1)NC1C2CCOC2C1(C)C. The molecule has 3 rings (SSSR count). The van der Waals surface area contributed by atoms with Crippen LogP contribution >= 0.6 is 0 Å². The van der Waals surface area contributed by atoms with E-state index in [2.05, 4.69) is 31.4 Å². The molecule has 2 aliphatic rings. The van der Waals surface area contributed by atoms with E-state index >= 15 is 0 Å².